The predicted molar refractivity (Wildman–Crippen MR) is 109 cm³/mol. The van der Waals surface area contributed by atoms with Crippen LogP contribution in [0.3, 0.4) is 0 Å². The van der Waals surface area contributed by atoms with E-state index in [2.05, 4.69) is 23.8 Å². The molecule has 0 aromatic rings. The first-order chi connectivity index (χ1) is 14.5. The highest BCUT2D eigenvalue weighted by atomic mass is 35.5. The Balaban J connectivity index is 2.31. The lowest BCUT2D eigenvalue weighted by molar-refractivity contribution is -0.137. The summed E-state index contributed by atoms with van der Waals surface area (Å²) in [5.41, 5.74) is 0.235. The zero-order valence-electron chi connectivity index (χ0n) is 16.5. The van der Waals surface area contributed by atoms with Crippen molar-refractivity contribution in [3.05, 3.63) is 48.1 Å². The van der Waals surface area contributed by atoms with E-state index in [0.717, 1.165) is 10.6 Å². The van der Waals surface area contributed by atoms with Crippen molar-refractivity contribution in [2.24, 2.45) is 0 Å². The van der Waals surface area contributed by atoms with Crippen LogP contribution < -0.4 is 10.6 Å². The number of carbonyl (C=O) groups is 2. The van der Waals surface area contributed by atoms with E-state index in [-0.39, 0.29) is 36.9 Å². The average Bonchev–Trinajstić information content (AvgIpc) is 3.40. The molecule has 0 saturated carbocycles. The van der Waals surface area contributed by atoms with Gasteiger partial charge in [-0.3, -0.25) is 9.59 Å². The fourth-order valence-corrected chi connectivity index (χ4v) is 3.01. The normalized spacial score (nSPS) is 21.0. The van der Waals surface area contributed by atoms with Gasteiger partial charge in [-0.05, 0) is 19.1 Å². The Bertz CT molecular complexity index is 746. The summed E-state index contributed by atoms with van der Waals surface area (Å²) in [5.74, 6) is -2.17. The molecule has 7 nitrogen and oxygen atoms in total. The van der Waals surface area contributed by atoms with Gasteiger partial charge in [0.2, 0.25) is 5.91 Å². The van der Waals surface area contributed by atoms with Crippen molar-refractivity contribution < 1.29 is 36.1 Å². The fraction of sp³-hybridized carbons (Fsp3) is 0.444. The van der Waals surface area contributed by atoms with Gasteiger partial charge >= 0.3 is 6.18 Å². The first-order valence-electron chi connectivity index (χ1n) is 8.87. The van der Waals surface area contributed by atoms with Crippen LogP contribution in [0.5, 0.6) is 0 Å². The van der Waals surface area contributed by atoms with Crippen molar-refractivity contribution in [3.63, 3.8) is 0 Å². The lowest BCUT2D eigenvalue weighted by Crippen LogP contribution is -2.34. The predicted octanol–water partition coefficient (Wildman–Crippen LogP) is 3.47. The molecule has 174 valence electrons. The number of halogens is 5. The van der Waals surface area contributed by atoms with Gasteiger partial charge in [-0.1, -0.05) is 24.8 Å². The van der Waals surface area contributed by atoms with Gasteiger partial charge in [0, 0.05) is 18.7 Å². The molecule has 0 aliphatic carbocycles. The molecule has 2 N–H and O–H groups in total. The number of nitrogens with zero attached hydrogens (tertiary/aromatic N) is 1. The molecule has 0 bridgehead atoms. The number of hydrogen-bond donors (Lipinski definition) is 2. The molecule has 1 aliphatic rings. The SMILES string of the molecule is C=C(CCNC(=O)C1C(C(F)(F)F)N1SOCC)NC(=O)CO/C=C/C=C(/Cl)C(=C)F. The Morgan fingerprint density at radius 3 is 2.58 bits per heavy atom. The van der Waals surface area contributed by atoms with E-state index >= 15 is 0 Å². The third-order valence-corrected chi connectivity index (χ3v) is 4.85. The van der Waals surface area contributed by atoms with E-state index in [1.54, 1.807) is 6.92 Å². The average molecular weight is 488 g/mol. The Hall–Kier alpha value is -2.02. The molecule has 1 rings (SSSR count). The van der Waals surface area contributed by atoms with Gasteiger partial charge in [0.1, 0.15) is 17.9 Å². The molecule has 3 atom stereocenters. The molecule has 31 heavy (non-hydrogen) atoms. The van der Waals surface area contributed by atoms with E-state index in [9.17, 15) is 27.2 Å². The van der Waals surface area contributed by atoms with Gasteiger partial charge in [0.05, 0.1) is 30.1 Å². The van der Waals surface area contributed by atoms with Crippen LogP contribution >= 0.6 is 23.8 Å². The van der Waals surface area contributed by atoms with Crippen molar-refractivity contribution in [1.82, 2.24) is 14.9 Å². The van der Waals surface area contributed by atoms with Crippen LogP contribution in [0, 0.1) is 0 Å². The summed E-state index contributed by atoms with van der Waals surface area (Å²) in [7, 11) is 0. The van der Waals surface area contributed by atoms with Crippen molar-refractivity contribution >= 4 is 35.6 Å². The second kappa shape index (κ2) is 12.7. The standard InChI is InChI=1S/C18H22ClF4N3O4S/c1-4-30-31-26-15(16(26)18(21,22)23)17(28)24-8-7-11(2)25-14(27)10-29-9-5-6-13(19)12(3)20/h5-6,9,15-16H,2-4,7-8,10H2,1H3,(H,24,28)(H,25,27)/b9-5+,13-6+. The van der Waals surface area contributed by atoms with Crippen molar-refractivity contribution in [1.29, 1.82) is 0 Å². The van der Waals surface area contributed by atoms with Crippen LogP contribution in [0.1, 0.15) is 13.3 Å². The zero-order chi connectivity index (χ0) is 23.6. The molecule has 13 heteroatoms. The monoisotopic (exact) mass is 487 g/mol. The first kappa shape index (κ1) is 27.0. The molecule has 2 amide bonds. The van der Waals surface area contributed by atoms with E-state index in [1.165, 1.54) is 12.2 Å². The van der Waals surface area contributed by atoms with Crippen LogP contribution in [0.25, 0.3) is 0 Å². The van der Waals surface area contributed by atoms with Gasteiger partial charge < -0.3 is 19.6 Å². The number of carbonyl (C=O) groups excluding carboxylic acids is 2. The molecular weight excluding hydrogens is 466 g/mol. The van der Waals surface area contributed by atoms with Gasteiger partial charge in [-0.25, -0.2) is 4.39 Å². The molecule has 1 heterocycles. The van der Waals surface area contributed by atoms with E-state index in [0.29, 0.717) is 12.2 Å². The maximum absolute atomic E-state index is 12.9. The van der Waals surface area contributed by atoms with Crippen molar-refractivity contribution in [3.8, 4) is 0 Å². The highest BCUT2D eigenvalue weighted by Crippen LogP contribution is 2.46. The van der Waals surface area contributed by atoms with Gasteiger partial charge in [-0.2, -0.15) is 17.5 Å². The van der Waals surface area contributed by atoms with Crippen LogP contribution in [0.15, 0.2) is 48.1 Å². The molecule has 0 aromatic heterocycles. The number of allylic oxidation sites excluding steroid dienone is 4. The summed E-state index contributed by atoms with van der Waals surface area (Å²) in [4.78, 5) is 23.7. The summed E-state index contributed by atoms with van der Waals surface area (Å²) in [6, 6.07) is -3.29. The van der Waals surface area contributed by atoms with Crippen molar-refractivity contribution in [2.75, 3.05) is 19.8 Å². The van der Waals surface area contributed by atoms with Crippen LogP contribution in [-0.2, 0) is 18.5 Å². The lowest BCUT2D eigenvalue weighted by Gasteiger charge is -2.09. The van der Waals surface area contributed by atoms with Crippen molar-refractivity contribution in [2.45, 2.75) is 31.6 Å². The molecule has 1 aliphatic heterocycles. The Kier molecular flexibility index (Phi) is 11.1. The minimum Gasteiger partial charge on any atom is -0.491 e. The first-order valence-corrected chi connectivity index (χ1v) is 9.95. The molecule has 3 unspecified atom stereocenters. The van der Waals surface area contributed by atoms with E-state index < -0.39 is 35.9 Å². The number of hydrogen-bond acceptors (Lipinski definition) is 6. The molecule has 0 spiro atoms. The zero-order valence-corrected chi connectivity index (χ0v) is 18.1. The number of rotatable bonds is 13. The maximum atomic E-state index is 12.9. The van der Waals surface area contributed by atoms with Crippen LogP contribution in [-0.4, -0.2) is 54.1 Å². The summed E-state index contributed by atoms with van der Waals surface area (Å²) in [5, 5.41) is 4.57. The lowest BCUT2D eigenvalue weighted by atomic mass is 10.2. The Morgan fingerprint density at radius 2 is 2.00 bits per heavy atom. The number of amides is 2. The van der Waals surface area contributed by atoms with Gasteiger partial charge in [0.25, 0.3) is 5.91 Å². The smallest absolute Gasteiger partial charge is 0.407 e. The third kappa shape index (κ3) is 9.76. The topological polar surface area (TPSA) is 79.7 Å². The molecular formula is C18H22ClF4N3O4S. The molecule has 0 aromatic carbocycles. The third-order valence-electron chi connectivity index (χ3n) is 3.55. The second-order valence-corrected chi connectivity index (χ2v) is 7.24. The number of ether oxygens (including phenoxy) is 1. The fourth-order valence-electron chi connectivity index (χ4n) is 2.13. The van der Waals surface area contributed by atoms with Gasteiger partial charge in [-0.15, -0.1) is 0 Å². The maximum Gasteiger partial charge on any atom is 0.407 e. The van der Waals surface area contributed by atoms with Gasteiger partial charge in [0.15, 0.2) is 6.61 Å². The highest BCUT2D eigenvalue weighted by Gasteiger charge is 2.67. The summed E-state index contributed by atoms with van der Waals surface area (Å²) in [6.07, 6.45) is -0.886. The van der Waals surface area contributed by atoms with Crippen LogP contribution in [0.2, 0.25) is 0 Å². The Labute approximate surface area is 186 Å². The number of alkyl halides is 3. The number of nitrogens with one attached hydrogen (secondary N) is 2. The summed E-state index contributed by atoms with van der Waals surface area (Å²) < 4.78 is 62.0. The van der Waals surface area contributed by atoms with E-state index in [4.69, 9.17) is 20.5 Å². The Morgan fingerprint density at radius 1 is 1.32 bits per heavy atom. The second-order valence-electron chi connectivity index (χ2n) is 6.02. The van der Waals surface area contributed by atoms with Crippen LogP contribution in [0.4, 0.5) is 17.6 Å². The van der Waals surface area contributed by atoms with E-state index in [1.807, 2.05) is 0 Å². The highest BCUT2D eigenvalue weighted by molar-refractivity contribution is 7.92. The summed E-state index contributed by atoms with van der Waals surface area (Å²) in [6.45, 7) is 8.00. The molecule has 1 saturated heterocycles. The minimum absolute atomic E-state index is 0.0245. The minimum atomic E-state index is -4.56. The molecule has 0 radical (unpaired) electrons. The summed E-state index contributed by atoms with van der Waals surface area (Å²) >= 11 is 5.97. The molecule has 1 fully saturated rings. The quantitative estimate of drug-likeness (QED) is 0.103. The largest absolute Gasteiger partial charge is 0.491 e.